The zero-order chi connectivity index (χ0) is 14.1. The van der Waals surface area contributed by atoms with Gasteiger partial charge in [0.25, 0.3) is 5.91 Å². The SMILES string of the molecule is CC(C)[C@H]1c2cccn2CCN1C(=O)c1cccnc1. The average molecular weight is 269 g/mol. The van der Waals surface area contributed by atoms with Gasteiger partial charge < -0.3 is 9.47 Å². The van der Waals surface area contributed by atoms with E-state index < -0.39 is 0 Å². The molecule has 0 bridgehead atoms. The predicted molar refractivity (Wildman–Crippen MR) is 77.3 cm³/mol. The molecule has 104 valence electrons. The van der Waals surface area contributed by atoms with Crippen molar-refractivity contribution < 1.29 is 4.79 Å². The Morgan fingerprint density at radius 1 is 1.30 bits per heavy atom. The molecular formula is C16H19N3O. The first-order chi connectivity index (χ1) is 9.68. The van der Waals surface area contributed by atoms with Crippen molar-refractivity contribution in [1.29, 1.82) is 0 Å². The van der Waals surface area contributed by atoms with Gasteiger partial charge in [-0.2, -0.15) is 0 Å². The van der Waals surface area contributed by atoms with Crippen LogP contribution in [0.5, 0.6) is 0 Å². The van der Waals surface area contributed by atoms with Crippen LogP contribution in [0.1, 0.15) is 35.9 Å². The van der Waals surface area contributed by atoms with Crippen LogP contribution in [0.2, 0.25) is 0 Å². The summed E-state index contributed by atoms with van der Waals surface area (Å²) in [6, 6.07) is 7.95. The third kappa shape index (κ3) is 2.11. The number of hydrogen-bond acceptors (Lipinski definition) is 2. The van der Waals surface area contributed by atoms with E-state index in [1.54, 1.807) is 12.4 Å². The molecule has 3 heterocycles. The zero-order valence-electron chi connectivity index (χ0n) is 11.9. The molecule has 0 aliphatic carbocycles. The van der Waals surface area contributed by atoms with Crippen LogP contribution in [0.4, 0.5) is 0 Å². The first-order valence-corrected chi connectivity index (χ1v) is 7.04. The summed E-state index contributed by atoms with van der Waals surface area (Å²) in [6.07, 6.45) is 5.43. The van der Waals surface area contributed by atoms with Gasteiger partial charge in [-0.3, -0.25) is 9.78 Å². The summed E-state index contributed by atoms with van der Waals surface area (Å²) in [5.74, 6) is 0.453. The Balaban J connectivity index is 1.96. The second-order valence-electron chi connectivity index (χ2n) is 5.56. The molecule has 1 atom stereocenters. The molecule has 0 unspecified atom stereocenters. The van der Waals surface area contributed by atoms with Crippen LogP contribution in [0.15, 0.2) is 42.9 Å². The highest BCUT2D eigenvalue weighted by Gasteiger charge is 2.33. The topological polar surface area (TPSA) is 38.1 Å². The van der Waals surface area contributed by atoms with E-state index in [9.17, 15) is 4.79 Å². The summed E-state index contributed by atoms with van der Waals surface area (Å²) in [5.41, 5.74) is 1.89. The normalized spacial score (nSPS) is 18.1. The van der Waals surface area contributed by atoms with E-state index in [2.05, 4.69) is 41.7 Å². The fourth-order valence-electron chi connectivity index (χ4n) is 3.00. The summed E-state index contributed by atoms with van der Waals surface area (Å²) in [4.78, 5) is 18.8. The first kappa shape index (κ1) is 12.9. The number of pyridine rings is 1. The molecule has 4 heteroatoms. The van der Waals surface area contributed by atoms with Crippen molar-refractivity contribution in [1.82, 2.24) is 14.5 Å². The second kappa shape index (κ2) is 5.12. The van der Waals surface area contributed by atoms with Crippen LogP contribution in [-0.4, -0.2) is 26.9 Å². The highest BCUT2D eigenvalue weighted by Crippen LogP contribution is 2.33. The van der Waals surface area contributed by atoms with Gasteiger partial charge in [-0.1, -0.05) is 13.8 Å². The average Bonchev–Trinajstić information content (AvgIpc) is 2.94. The number of carbonyl (C=O) groups excluding carboxylic acids is 1. The maximum Gasteiger partial charge on any atom is 0.256 e. The minimum atomic E-state index is 0.0734. The van der Waals surface area contributed by atoms with Gasteiger partial charge in [0.05, 0.1) is 11.6 Å². The largest absolute Gasteiger partial charge is 0.348 e. The molecule has 0 aromatic carbocycles. The lowest BCUT2D eigenvalue weighted by Gasteiger charge is -2.39. The second-order valence-corrected chi connectivity index (χ2v) is 5.56. The molecular weight excluding hydrogens is 250 g/mol. The minimum absolute atomic E-state index is 0.0734. The van der Waals surface area contributed by atoms with Crippen molar-refractivity contribution in [2.24, 2.45) is 5.92 Å². The van der Waals surface area contributed by atoms with Crippen molar-refractivity contribution in [2.75, 3.05) is 6.54 Å². The van der Waals surface area contributed by atoms with Gasteiger partial charge in [-0.15, -0.1) is 0 Å². The van der Waals surface area contributed by atoms with Gasteiger partial charge in [-0.05, 0) is 30.2 Å². The molecule has 4 nitrogen and oxygen atoms in total. The molecule has 2 aromatic heterocycles. The molecule has 1 aliphatic heterocycles. The Kier molecular flexibility index (Phi) is 3.30. The number of rotatable bonds is 2. The van der Waals surface area contributed by atoms with Gasteiger partial charge in [0.2, 0.25) is 0 Å². The molecule has 20 heavy (non-hydrogen) atoms. The lowest BCUT2D eigenvalue weighted by atomic mass is 9.96. The van der Waals surface area contributed by atoms with Crippen LogP contribution >= 0.6 is 0 Å². The van der Waals surface area contributed by atoms with E-state index in [1.807, 2.05) is 17.0 Å². The van der Waals surface area contributed by atoms with Crippen molar-refractivity contribution in [3.63, 3.8) is 0 Å². The minimum Gasteiger partial charge on any atom is -0.348 e. The molecule has 1 amide bonds. The van der Waals surface area contributed by atoms with Crippen LogP contribution in [-0.2, 0) is 6.54 Å². The highest BCUT2D eigenvalue weighted by molar-refractivity contribution is 5.94. The van der Waals surface area contributed by atoms with Crippen LogP contribution in [0.3, 0.4) is 0 Å². The number of hydrogen-bond donors (Lipinski definition) is 0. The van der Waals surface area contributed by atoms with Gasteiger partial charge in [0.15, 0.2) is 0 Å². The molecule has 2 aromatic rings. The quantitative estimate of drug-likeness (QED) is 0.840. The Morgan fingerprint density at radius 2 is 2.15 bits per heavy atom. The molecule has 3 rings (SSSR count). The Labute approximate surface area is 119 Å². The molecule has 1 aliphatic rings. The number of fused-ring (bicyclic) bond motifs is 1. The van der Waals surface area contributed by atoms with Crippen molar-refractivity contribution in [3.05, 3.63) is 54.1 Å². The highest BCUT2D eigenvalue weighted by atomic mass is 16.2. The zero-order valence-corrected chi connectivity index (χ0v) is 11.9. The molecule has 0 fully saturated rings. The fraction of sp³-hybridized carbons (Fsp3) is 0.375. The molecule has 0 spiro atoms. The first-order valence-electron chi connectivity index (χ1n) is 7.04. The lowest BCUT2D eigenvalue weighted by Crippen LogP contribution is -2.43. The van der Waals surface area contributed by atoms with E-state index >= 15 is 0 Å². The maximum absolute atomic E-state index is 12.7. The third-order valence-corrected chi connectivity index (χ3v) is 3.89. The third-order valence-electron chi connectivity index (χ3n) is 3.89. The summed E-state index contributed by atoms with van der Waals surface area (Å²) < 4.78 is 2.25. The van der Waals surface area contributed by atoms with E-state index in [0.29, 0.717) is 11.5 Å². The summed E-state index contributed by atoms with van der Waals surface area (Å²) >= 11 is 0. The molecule has 0 saturated carbocycles. The number of carbonyl (C=O) groups is 1. The number of amides is 1. The van der Waals surface area contributed by atoms with Crippen molar-refractivity contribution in [2.45, 2.75) is 26.4 Å². The maximum atomic E-state index is 12.7. The standard InChI is InChI=1S/C16H19N3O/c1-12(2)15-14-6-4-8-18(14)9-10-19(15)16(20)13-5-3-7-17-11-13/h3-8,11-12,15H,9-10H2,1-2H3/t15-/m0/s1. The van der Waals surface area contributed by atoms with Crippen molar-refractivity contribution in [3.8, 4) is 0 Å². The Bertz CT molecular complexity index is 603. The number of nitrogens with zero attached hydrogens (tertiary/aromatic N) is 3. The molecule has 0 radical (unpaired) electrons. The van der Waals surface area contributed by atoms with Crippen LogP contribution < -0.4 is 0 Å². The number of aromatic nitrogens is 2. The monoisotopic (exact) mass is 269 g/mol. The predicted octanol–water partition coefficient (Wildman–Crippen LogP) is 2.74. The summed E-state index contributed by atoms with van der Waals surface area (Å²) in [6.45, 7) is 5.93. The van der Waals surface area contributed by atoms with E-state index in [1.165, 1.54) is 5.69 Å². The van der Waals surface area contributed by atoms with Crippen molar-refractivity contribution >= 4 is 5.91 Å². The fourth-order valence-corrected chi connectivity index (χ4v) is 3.00. The van der Waals surface area contributed by atoms with Crippen LogP contribution in [0.25, 0.3) is 0 Å². The summed E-state index contributed by atoms with van der Waals surface area (Å²) in [5, 5.41) is 0. The van der Waals surface area contributed by atoms with Gasteiger partial charge in [0.1, 0.15) is 0 Å². The van der Waals surface area contributed by atoms with E-state index in [-0.39, 0.29) is 11.9 Å². The lowest BCUT2D eigenvalue weighted by molar-refractivity contribution is 0.0556. The smallest absolute Gasteiger partial charge is 0.256 e. The Hall–Kier alpha value is -2.10. The van der Waals surface area contributed by atoms with Gasteiger partial charge in [-0.25, -0.2) is 0 Å². The summed E-state index contributed by atoms with van der Waals surface area (Å²) in [7, 11) is 0. The van der Waals surface area contributed by atoms with Crippen LogP contribution in [0, 0.1) is 5.92 Å². The van der Waals surface area contributed by atoms with E-state index in [0.717, 1.165) is 13.1 Å². The van der Waals surface area contributed by atoms with E-state index in [4.69, 9.17) is 0 Å². The van der Waals surface area contributed by atoms with Gasteiger partial charge >= 0.3 is 0 Å². The molecule has 0 saturated heterocycles. The Morgan fingerprint density at radius 3 is 2.85 bits per heavy atom. The van der Waals surface area contributed by atoms with Gasteiger partial charge in [0, 0.05) is 37.4 Å². The molecule has 0 N–H and O–H groups in total.